The lowest BCUT2D eigenvalue weighted by Gasteiger charge is -2.20. The molecule has 0 heterocycles. The Morgan fingerprint density at radius 1 is 1.33 bits per heavy atom. The van der Waals surface area contributed by atoms with Crippen LogP contribution >= 0.6 is 0 Å². The number of nitrogens with one attached hydrogen (secondary N) is 1. The minimum atomic E-state index is -0.342. The van der Waals surface area contributed by atoms with Gasteiger partial charge in [0.05, 0.1) is 0 Å². The first-order chi connectivity index (χ1) is 8.35. The molecule has 1 aromatic carbocycles. The van der Waals surface area contributed by atoms with Gasteiger partial charge in [0.15, 0.2) is 0 Å². The molecule has 0 aromatic heterocycles. The summed E-state index contributed by atoms with van der Waals surface area (Å²) >= 11 is 0. The molecule has 3 N–H and O–H groups in total. The smallest absolute Gasteiger partial charge is 0.407 e. The van der Waals surface area contributed by atoms with Crippen molar-refractivity contribution in [3.8, 4) is 0 Å². The van der Waals surface area contributed by atoms with Crippen molar-refractivity contribution < 1.29 is 9.53 Å². The molecule has 1 aromatic rings. The zero-order chi connectivity index (χ0) is 13.3. The van der Waals surface area contributed by atoms with Crippen LogP contribution in [0.15, 0.2) is 24.3 Å². The quantitative estimate of drug-likeness (QED) is 0.791. The Morgan fingerprint density at radius 3 is 2.50 bits per heavy atom. The summed E-state index contributed by atoms with van der Waals surface area (Å²) in [6.45, 7) is 5.79. The van der Waals surface area contributed by atoms with E-state index >= 15 is 0 Å². The number of carbonyl (C=O) groups is 1. The molecule has 1 aliphatic carbocycles. The van der Waals surface area contributed by atoms with Crippen LogP contribution in [0.3, 0.4) is 0 Å². The van der Waals surface area contributed by atoms with E-state index in [9.17, 15) is 4.79 Å². The normalized spacial score (nSPS) is 22.4. The Labute approximate surface area is 108 Å². The minimum Gasteiger partial charge on any atom is -0.446 e. The lowest BCUT2D eigenvalue weighted by Crippen LogP contribution is -2.41. The monoisotopic (exact) mass is 248 g/mol. The molecular formula is C14H20N2O2. The zero-order valence-electron chi connectivity index (χ0n) is 11.1. The van der Waals surface area contributed by atoms with E-state index in [0.29, 0.717) is 5.92 Å². The number of alkyl carbamates (subject to hydrolysis) is 1. The molecular weight excluding hydrogens is 228 g/mol. The van der Waals surface area contributed by atoms with Crippen molar-refractivity contribution in [3.05, 3.63) is 29.8 Å². The van der Waals surface area contributed by atoms with Gasteiger partial charge in [-0.3, -0.25) is 0 Å². The van der Waals surface area contributed by atoms with Gasteiger partial charge in [-0.25, -0.2) is 4.79 Å². The molecule has 1 fully saturated rings. The standard InChI is InChI=1S/C14H20N2O2/c1-14(2,3)16-13(17)18-12-8-11(12)9-4-6-10(15)7-5-9/h4-7,11-12H,8,15H2,1-3H3,(H,16,17). The van der Waals surface area contributed by atoms with E-state index in [4.69, 9.17) is 10.5 Å². The Kier molecular flexibility index (Phi) is 3.20. The molecule has 0 spiro atoms. The Balaban J connectivity index is 1.85. The number of amides is 1. The van der Waals surface area contributed by atoms with Crippen molar-refractivity contribution in [2.24, 2.45) is 0 Å². The number of hydrogen-bond acceptors (Lipinski definition) is 3. The molecule has 2 unspecified atom stereocenters. The maximum atomic E-state index is 11.6. The molecule has 0 bridgehead atoms. The fourth-order valence-corrected chi connectivity index (χ4v) is 1.87. The van der Waals surface area contributed by atoms with E-state index in [0.717, 1.165) is 12.1 Å². The molecule has 4 nitrogen and oxygen atoms in total. The predicted octanol–water partition coefficient (Wildman–Crippen LogP) is 2.65. The van der Waals surface area contributed by atoms with E-state index in [2.05, 4.69) is 5.32 Å². The fraction of sp³-hybridized carbons (Fsp3) is 0.500. The first-order valence-corrected chi connectivity index (χ1v) is 6.19. The summed E-state index contributed by atoms with van der Waals surface area (Å²) < 4.78 is 5.35. The highest BCUT2D eigenvalue weighted by Crippen LogP contribution is 2.43. The van der Waals surface area contributed by atoms with Crippen LogP contribution in [0.2, 0.25) is 0 Å². The van der Waals surface area contributed by atoms with Crippen molar-refractivity contribution in [1.29, 1.82) is 0 Å². The van der Waals surface area contributed by atoms with Crippen molar-refractivity contribution in [2.75, 3.05) is 5.73 Å². The number of carbonyl (C=O) groups excluding carboxylic acids is 1. The molecule has 0 radical (unpaired) electrons. The maximum absolute atomic E-state index is 11.6. The molecule has 4 heteroatoms. The van der Waals surface area contributed by atoms with Crippen molar-refractivity contribution in [2.45, 2.75) is 44.8 Å². The highest BCUT2D eigenvalue weighted by atomic mass is 16.6. The van der Waals surface area contributed by atoms with Gasteiger partial charge in [-0.1, -0.05) is 12.1 Å². The Bertz CT molecular complexity index is 434. The predicted molar refractivity (Wildman–Crippen MR) is 71.4 cm³/mol. The summed E-state index contributed by atoms with van der Waals surface area (Å²) in [6, 6.07) is 7.73. The second-order valence-corrected chi connectivity index (χ2v) is 5.83. The van der Waals surface area contributed by atoms with Crippen LogP contribution < -0.4 is 11.1 Å². The molecule has 2 rings (SSSR count). The van der Waals surface area contributed by atoms with Crippen LogP contribution in [-0.2, 0) is 4.74 Å². The van der Waals surface area contributed by atoms with Gasteiger partial charge >= 0.3 is 6.09 Å². The molecule has 18 heavy (non-hydrogen) atoms. The van der Waals surface area contributed by atoms with E-state index in [1.807, 2.05) is 45.0 Å². The van der Waals surface area contributed by atoms with E-state index < -0.39 is 0 Å². The van der Waals surface area contributed by atoms with Crippen LogP contribution in [0.25, 0.3) is 0 Å². The molecule has 2 atom stereocenters. The van der Waals surface area contributed by atoms with Crippen LogP contribution in [0.5, 0.6) is 0 Å². The zero-order valence-corrected chi connectivity index (χ0v) is 11.1. The molecule has 0 aliphatic heterocycles. The lowest BCUT2D eigenvalue weighted by molar-refractivity contribution is 0.128. The van der Waals surface area contributed by atoms with Crippen molar-refractivity contribution >= 4 is 11.8 Å². The third kappa shape index (κ3) is 3.39. The molecule has 1 saturated carbocycles. The van der Waals surface area contributed by atoms with Crippen LogP contribution in [0, 0.1) is 0 Å². The average molecular weight is 248 g/mol. The van der Waals surface area contributed by atoms with Gasteiger partial charge in [-0.05, 0) is 44.9 Å². The van der Waals surface area contributed by atoms with Gasteiger partial charge in [0, 0.05) is 17.1 Å². The van der Waals surface area contributed by atoms with E-state index in [1.54, 1.807) is 0 Å². The summed E-state index contributed by atoms with van der Waals surface area (Å²) in [6.07, 6.45) is 0.544. The first kappa shape index (κ1) is 12.7. The number of rotatable bonds is 2. The van der Waals surface area contributed by atoms with Gasteiger partial charge in [0.25, 0.3) is 0 Å². The van der Waals surface area contributed by atoms with E-state index in [1.165, 1.54) is 5.56 Å². The van der Waals surface area contributed by atoms with Gasteiger partial charge < -0.3 is 15.8 Å². The lowest BCUT2D eigenvalue weighted by atomic mass is 10.1. The summed E-state index contributed by atoms with van der Waals surface area (Å²) in [4.78, 5) is 11.6. The highest BCUT2D eigenvalue weighted by molar-refractivity contribution is 5.68. The number of ether oxygens (including phenoxy) is 1. The largest absolute Gasteiger partial charge is 0.446 e. The summed E-state index contributed by atoms with van der Waals surface area (Å²) in [7, 11) is 0. The number of hydrogen-bond donors (Lipinski definition) is 2. The molecule has 98 valence electrons. The summed E-state index contributed by atoms with van der Waals surface area (Å²) in [5, 5.41) is 2.79. The molecule has 1 amide bonds. The van der Waals surface area contributed by atoms with Gasteiger partial charge in [-0.15, -0.1) is 0 Å². The first-order valence-electron chi connectivity index (χ1n) is 6.19. The Hall–Kier alpha value is -1.71. The number of benzene rings is 1. The second-order valence-electron chi connectivity index (χ2n) is 5.83. The van der Waals surface area contributed by atoms with Crippen molar-refractivity contribution in [3.63, 3.8) is 0 Å². The Morgan fingerprint density at radius 2 is 1.94 bits per heavy atom. The van der Waals surface area contributed by atoms with Crippen LogP contribution in [-0.4, -0.2) is 17.7 Å². The average Bonchev–Trinajstić information content (AvgIpc) is 2.95. The van der Waals surface area contributed by atoms with Gasteiger partial charge in [-0.2, -0.15) is 0 Å². The summed E-state index contributed by atoms with van der Waals surface area (Å²) in [5.74, 6) is 0.316. The summed E-state index contributed by atoms with van der Waals surface area (Å²) in [5.41, 5.74) is 7.31. The highest BCUT2D eigenvalue weighted by Gasteiger charge is 2.42. The third-order valence-electron chi connectivity index (χ3n) is 2.83. The van der Waals surface area contributed by atoms with Crippen LogP contribution in [0.1, 0.15) is 38.7 Å². The second kappa shape index (κ2) is 4.52. The minimum absolute atomic E-state index is 0.00373. The number of anilines is 1. The number of nitrogens with two attached hydrogens (primary N) is 1. The SMILES string of the molecule is CC(C)(C)NC(=O)OC1CC1c1ccc(N)cc1. The van der Waals surface area contributed by atoms with Crippen molar-refractivity contribution in [1.82, 2.24) is 5.32 Å². The molecule has 0 saturated heterocycles. The van der Waals surface area contributed by atoms with Gasteiger partial charge in [0.2, 0.25) is 0 Å². The van der Waals surface area contributed by atoms with Crippen LogP contribution in [0.4, 0.5) is 10.5 Å². The molecule has 1 aliphatic rings. The topological polar surface area (TPSA) is 64.3 Å². The maximum Gasteiger partial charge on any atom is 0.407 e. The van der Waals surface area contributed by atoms with Gasteiger partial charge in [0.1, 0.15) is 6.10 Å². The number of nitrogen functional groups attached to an aromatic ring is 1. The van der Waals surface area contributed by atoms with E-state index in [-0.39, 0.29) is 17.7 Å². The third-order valence-corrected chi connectivity index (χ3v) is 2.83. The fourth-order valence-electron chi connectivity index (χ4n) is 1.87.